The fraction of sp³-hybridized carbons (Fsp3) is 0.278. The molecule has 1 aliphatic heterocycles. The van der Waals surface area contributed by atoms with E-state index in [4.69, 9.17) is 10.3 Å². The first kappa shape index (κ1) is 14.8. The molecule has 0 aliphatic carbocycles. The van der Waals surface area contributed by atoms with Crippen LogP contribution >= 0.6 is 0 Å². The summed E-state index contributed by atoms with van der Waals surface area (Å²) < 4.78 is 5.51. The van der Waals surface area contributed by atoms with Gasteiger partial charge < -0.3 is 15.2 Å². The zero-order valence-corrected chi connectivity index (χ0v) is 13.3. The molecule has 1 fully saturated rings. The molecular formula is C18H19N5O. The molecule has 0 atom stereocenters. The van der Waals surface area contributed by atoms with Crippen molar-refractivity contribution in [1.29, 1.82) is 0 Å². The Kier molecular flexibility index (Phi) is 3.96. The molecule has 2 aromatic heterocycles. The summed E-state index contributed by atoms with van der Waals surface area (Å²) in [5.41, 5.74) is 7.80. The van der Waals surface area contributed by atoms with Gasteiger partial charge in [-0.15, -0.1) is 0 Å². The maximum atomic E-state index is 6.00. The Bertz CT molecular complexity index is 809. The Hall–Kier alpha value is -2.73. The monoisotopic (exact) mass is 321 g/mol. The molecule has 122 valence electrons. The minimum atomic E-state index is 0.279. The van der Waals surface area contributed by atoms with Gasteiger partial charge in [-0.05, 0) is 25.0 Å². The van der Waals surface area contributed by atoms with Crippen LogP contribution in [0.5, 0.6) is 0 Å². The van der Waals surface area contributed by atoms with E-state index >= 15 is 0 Å². The zero-order valence-electron chi connectivity index (χ0n) is 13.3. The molecule has 0 saturated carbocycles. The Morgan fingerprint density at radius 1 is 1.04 bits per heavy atom. The number of piperidine rings is 1. The lowest BCUT2D eigenvalue weighted by atomic mass is 10.1. The third-order valence-corrected chi connectivity index (χ3v) is 4.31. The van der Waals surface area contributed by atoms with E-state index in [2.05, 4.69) is 20.0 Å². The van der Waals surface area contributed by atoms with Crippen molar-refractivity contribution in [2.45, 2.75) is 18.9 Å². The summed E-state index contributed by atoms with van der Waals surface area (Å²) in [7, 11) is 0. The second-order valence-electron chi connectivity index (χ2n) is 5.99. The highest BCUT2D eigenvalue weighted by Crippen LogP contribution is 2.30. The van der Waals surface area contributed by atoms with Crippen LogP contribution in [0.25, 0.3) is 22.8 Å². The largest absolute Gasteiger partial charge is 0.356 e. The van der Waals surface area contributed by atoms with Gasteiger partial charge in [0.05, 0.1) is 5.56 Å². The van der Waals surface area contributed by atoms with Crippen molar-refractivity contribution >= 4 is 5.82 Å². The molecule has 0 bridgehead atoms. The maximum absolute atomic E-state index is 6.00. The summed E-state index contributed by atoms with van der Waals surface area (Å²) in [6.45, 7) is 1.79. The topological polar surface area (TPSA) is 81.1 Å². The van der Waals surface area contributed by atoms with Gasteiger partial charge in [0.25, 0.3) is 5.89 Å². The molecule has 6 nitrogen and oxygen atoms in total. The first-order chi connectivity index (χ1) is 11.8. The van der Waals surface area contributed by atoms with Crippen molar-refractivity contribution < 1.29 is 4.52 Å². The number of pyridine rings is 1. The summed E-state index contributed by atoms with van der Waals surface area (Å²) in [4.78, 5) is 11.3. The average molecular weight is 321 g/mol. The van der Waals surface area contributed by atoms with E-state index in [0.717, 1.165) is 42.9 Å². The third kappa shape index (κ3) is 2.88. The quantitative estimate of drug-likeness (QED) is 0.799. The summed E-state index contributed by atoms with van der Waals surface area (Å²) >= 11 is 0. The molecule has 24 heavy (non-hydrogen) atoms. The van der Waals surface area contributed by atoms with Crippen LogP contribution in [-0.2, 0) is 0 Å². The van der Waals surface area contributed by atoms with Gasteiger partial charge >= 0.3 is 0 Å². The molecule has 1 aliphatic rings. The predicted molar refractivity (Wildman–Crippen MR) is 92.4 cm³/mol. The van der Waals surface area contributed by atoms with Crippen LogP contribution in [0.4, 0.5) is 5.82 Å². The third-order valence-electron chi connectivity index (χ3n) is 4.31. The maximum Gasteiger partial charge on any atom is 0.261 e. The van der Waals surface area contributed by atoms with Crippen LogP contribution in [0, 0.1) is 0 Å². The fourth-order valence-corrected chi connectivity index (χ4v) is 2.96. The molecule has 2 N–H and O–H groups in total. The van der Waals surface area contributed by atoms with Gasteiger partial charge in [0, 0.05) is 30.9 Å². The van der Waals surface area contributed by atoms with Crippen LogP contribution in [0.2, 0.25) is 0 Å². The SMILES string of the molecule is NC1CCN(c2ncccc2-c2nc(-c3ccccc3)no2)CC1. The highest BCUT2D eigenvalue weighted by atomic mass is 16.5. The van der Waals surface area contributed by atoms with Gasteiger partial charge in [-0.2, -0.15) is 4.98 Å². The summed E-state index contributed by atoms with van der Waals surface area (Å²) in [6.07, 6.45) is 3.73. The number of nitrogens with zero attached hydrogens (tertiary/aromatic N) is 4. The molecule has 0 unspecified atom stereocenters. The molecule has 0 radical (unpaired) electrons. The van der Waals surface area contributed by atoms with Gasteiger partial charge in [-0.3, -0.25) is 0 Å². The second-order valence-corrected chi connectivity index (χ2v) is 5.99. The van der Waals surface area contributed by atoms with Crippen molar-refractivity contribution in [1.82, 2.24) is 15.1 Å². The van der Waals surface area contributed by atoms with E-state index in [1.54, 1.807) is 6.20 Å². The standard InChI is InChI=1S/C18H19N5O/c19-14-8-11-23(12-9-14)17-15(7-4-10-20-17)18-21-16(22-24-18)13-5-2-1-3-6-13/h1-7,10,14H,8-9,11-12,19H2. The molecular weight excluding hydrogens is 302 g/mol. The summed E-state index contributed by atoms with van der Waals surface area (Å²) in [5.74, 6) is 1.96. The van der Waals surface area contributed by atoms with Crippen molar-refractivity contribution in [3.8, 4) is 22.8 Å². The molecule has 4 rings (SSSR count). The molecule has 1 aromatic carbocycles. The van der Waals surface area contributed by atoms with E-state index in [1.165, 1.54) is 0 Å². The smallest absolute Gasteiger partial charge is 0.261 e. The molecule has 3 aromatic rings. The number of rotatable bonds is 3. The minimum Gasteiger partial charge on any atom is -0.356 e. The second kappa shape index (κ2) is 6.41. The first-order valence-corrected chi connectivity index (χ1v) is 8.16. The van der Waals surface area contributed by atoms with E-state index < -0.39 is 0 Å². The van der Waals surface area contributed by atoms with Crippen LogP contribution < -0.4 is 10.6 Å². The number of hydrogen-bond acceptors (Lipinski definition) is 6. The van der Waals surface area contributed by atoms with Gasteiger partial charge in [0.2, 0.25) is 5.82 Å². The van der Waals surface area contributed by atoms with E-state index in [-0.39, 0.29) is 6.04 Å². The van der Waals surface area contributed by atoms with E-state index in [9.17, 15) is 0 Å². The minimum absolute atomic E-state index is 0.279. The lowest BCUT2D eigenvalue weighted by Gasteiger charge is -2.31. The van der Waals surface area contributed by atoms with Crippen LogP contribution in [0.1, 0.15) is 12.8 Å². The lowest BCUT2D eigenvalue weighted by molar-refractivity contribution is 0.431. The Balaban J connectivity index is 1.67. The number of benzene rings is 1. The Morgan fingerprint density at radius 2 is 1.83 bits per heavy atom. The first-order valence-electron chi connectivity index (χ1n) is 8.16. The highest BCUT2D eigenvalue weighted by Gasteiger charge is 2.22. The van der Waals surface area contributed by atoms with Crippen LogP contribution in [0.15, 0.2) is 53.2 Å². The van der Waals surface area contributed by atoms with Crippen LogP contribution in [-0.4, -0.2) is 34.3 Å². The van der Waals surface area contributed by atoms with Gasteiger partial charge in [0.1, 0.15) is 5.82 Å². The normalized spacial score (nSPS) is 15.6. The van der Waals surface area contributed by atoms with Crippen molar-refractivity contribution in [3.05, 3.63) is 48.7 Å². The zero-order chi connectivity index (χ0) is 16.4. The fourth-order valence-electron chi connectivity index (χ4n) is 2.96. The number of nitrogens with two attached hydrogens (primary N) is 1. The number of anilines is 1. The van der Waals surface area contributed by atoms with Crippen molar-refractivity contribution in [2.75, 3.05) is 18.0 Å². The van der Waals surface area contributed by atoms with Gasteiger partial charge in [-0.25, -0.2) is 4.98 Å². The lowest BCUT2D eigenvalue weighted by Crippen LogP contribution is -2.40. The van der Waals surface area contributed by atoms with E-state index in [0.29, 0.717) is 11.7 Å². The molecule has 6 heteroatoms. The molecule has 3 heterocycles. The van der Waals surface area contributed by atoms with Gasteiger partial charge in [-0.1, -0.05) is 35.5 Å². The summed E-state index contributed by atoms with van der Waals surface area (Å²) in [6, 6.07) is 13.9. The van der Waals surface area contributed by atoms with Crippen molar-refractivity contribution in [2.24, 2.45) is 5.73 Å². The average Bonchev–Trinajstić information content (AvgIpc) is 3.13. The number of hydrogen-bond donors (Lipinski definition) is 1. The van der Waals surface area contributed by atoms with E-state index in [1.807, 2.05) is 42.5 Å². The Morgan fingerprint density at radius 3 is 2.62 bits per heavy atom. The van der Waals surface area contributed by atoms with Gasteiger partial charge in [0.15, 0.2) is 0 Å². The Labute approximate surface area is 140 Å². The molecule has 0 amide bonds. The number of aromatic nitrogens is 3. The molecule has 0 spiro atoms. The van der Waals surface area contributed by atoms with Crippen molar-refractivity contribution in [3.63, 3.8) is 0 Å². The van der Waals surface area contributed by atoms with Crippen LogP contribution in [0.3, 0.4) is 0 Å². The predicted octanol–water partition coefficient (Wildman–Crippen LogP) is 2.73. The molecule has 1 saturated heterocycles. The highest BCUT2D eigenvalue weighted by molar-refractivity contribution is 5.71. The summed E-state index contributed by atoms with van der Waals surface area (Å²) in [5, 5.41) is 4.11.